The van der Waals surface area contributed by atoms with Gasteiger partial charge in [0.1, 0.15) is 0 Å². The first-order valence-corrected chi connectivity index (χ1v) is 14.1. The summed E-state index contributed by atoms with van der Waals surface area (Å²) in [6.07, 6.45) is 0.390. The van der Waals surface area contributed by atoms with Gasteiger partial charge >= 0.3 is 0 Å². The van der Waals surface area contributed by atoms with Crippen molar-refractivity contribution < 1.29 is 34.1 Å². The monoisotopic (exact) mass is 558 g/mol. The van der Waals surface area contributed by atoms with Gasteiger partial charge in [0.2, 0.25) is 23.6 Å². The van der Waals surface area contributed by atoms with Crippen LogP contribution < -0.4 is 26.6 Å². The molecule has 0 spiro atoms. The molecule has 1 saturated heterocycles. The Kier molecular flexibility index (Phi) is 18.3. The number of carbonyl (C=O) groups excluding carboxylic acids is 4. The zero-order valence-corrected chi connectivity index (χ0v) is 23.8. The summed E-state index contributed by atoms with van der Waals surface area (Å²) >= 11 is 0. The molecule has 1 fully saturated rings. The first-order chi connectivity index (χ1) is 18.6. The summed E-state index contributed by atoms with van der Waals surface area (Å²) in [5.41, 5.74) is 0. The lowest BCUT2D eigenvalue weighted by atomic mass is 9.93. The summed E-state index contributed by atoms with van der Waals surface area (Å²) in [7, 11) is 0. The maximum absolute atomic E-state index is 12.2. The Hall–Kier alpha value is -2.32. The molecule has 1 rings (SSSR count). The topological polar surface area (TPSA) is 181 Å². The number of amides is 4. The van der Waals surface area contributed by atoms with E-state index in [1.807, 2.05) is 0 Å². The molecular formula is C26H50N6O7. The summed E-state index contributed by atoms with van der Waals surface area (Å²) in [4.78, 5) is 50.3. The molecule has 13 nitrogen and oxygen atoms in total. The average molecular weight is 559 g/mol. The maximum Gasteiger partial charge on any atom is 0.222 e. The van der Waals surface area contributed by atoms with Crippen LogP contribution in [0.15, 0.2) is 0 Å². The van der Waals surface area contributed by atoms with Crippen LogP contribution >= 0.6 is 0 Å². The second-order valence-corrected chi connectivity index (χ2v) is 9.94. The van der Waals surface area contributed by atoms with Crippen molar-refractivity contribution in [1.82, 2.24) is 31.5 Å². The fraction of sp³-hybridized carbons (Fsp3) is 0.846. The van der Waals surface area contributed by atoms with Crippen molar-refractivity contribution in [1.29, 1.82) is 0 Å². The van der Waals surface area contributed by atoms with Gasteiger partial charge in [0, 0.05) is 71.0 Å². The molecular weight excluding hydrogens is 508 g/mol. The second-order valence-electron chi connectivity index (χ2n) is 9.94. The van der Waals surface area contributed by atoms with Crippen LogP contribution in [0.4, 0.5) is 0 Å². The predicted molar refractivity (Wildman–Crippen MR) is 146 cm³/mol. The van der Waals surface area contributed by atoms with E-state index in [1.165, 1.54) is 0 Å². The van der Waals surface area contributed by atoms with Gasteiger partial charge in [-0.1, -0.05) is 20.8 Å². The average Bonchev–Trinajstić information content (AvgIpc) is 2.90. The van der Waals surface area contributed by atoms with Crippen molar-refractivity contribution in [3.05, 3.63) is 0 Å². The number of aliphatic hydroxyl groups is 2. The van der Waals surface area contributed by atoms with Gasteiger partial charge in [-0.3, -0.25) is 19.2 Å². The molecule has 4 amide bonds. The van der Waals surface area contributed by atoms with Crippen LogP contribution in [0.1, 0.15) is 59.3 Å². The third-order valence-corrected chi connectivity index (χ3v) is 6.60. The quantitative estimate of drug-likeness (QED) is 0.0686. The van der Waals surface area contributed by atoms with Crippen LogP contribution in [0.2, 0.25) is 0 Å². The number of likely N-dealkylation sites (N-methyl/N-ethyl adjacent to an activating group) is 1. The Labute approximate surface area is 232 Å². The first kappa shape index (κ1) is 34.7. The van der Waals surface area contributed by atoms with E-state index in [1.54, 1.807) is 6.92 Å². The molecule has 1 aliphatic rings. The molecule has 0 aromatic rings. The molecule has 0 radical (unpaired) electrons. The smallest absolute Gasteiger partial charge is 0.222 e. The minimum absolute atomic E-state index is 0.000144. The van der Waals surface area contributed by atoms with Gasteiger partial charge in [-0.15, -0.1) is 0 Å². The zero-order chi connectivity index (χ0) is 29.0. The molecule has 226 valence electrons. The summed E-state index contributed by atoms with van der Waals surface area (Å²) in [6, 6.07) is 0.129. The molecule has 0 aromatic heterocycles. The fourth-order valence-corrected chi connectivity index (χ4v) is 3.97. The van der Waals surface area contributed by atoms with E-state index in [2.05, 4.69) is 45.3 Å². The highest BCUT2D eigenvalue weighted by Gasteiger charge is 2.26. The number of aliphatic hydroxyl groups excluding tert-OH is 2. The lowest BCUT2D eigenvalue weighted by Crippen LogP contribution is -2.52. The highest BCUT2D eigenvalue weighted by molar-refractivity contribution is 5.81. The standard InChI is InChI=1S/C26H50N6O7/c1-4-26(38)39-18-20(33)16-27-11-6-22(34)28-12-7-23(35)29-13-8-24(36)30-14-9-25(37)31-21-17-32(5-2)15-10-19(21)3/h19-21,26-27,33,38H,4-18H2,1-3H3,(H,28,34)(H,29,35)(H,30,36)(H,31,37). The number of nitrogens with one attached hydrogen (secondary N) is 5. The van der Waals surface area contributed by atoms with Crippen LogP contribution in [-0.4, -0.2) is 116 Å². The summed E-state index contributed by atoms with van der Waals surface area (Å²) < 4.78 is 5.02. The van der Waals surface area contributed by atoms with Crippen molar-refractivity contribution in [3.63, 3.8) is 0 Å². The number of likely N-dealkylation sites (tertiary alicyclic amines) is 1. The second kappa shape index (κ2) is 20.6. The minimum Gasteiger partial charge on any atom is -0.389 e. The SMILES string of the molecule is CCC(O)OCC(O)CNCCC(=O)NCCC(=O)NCCC(=O)NCCC(=O)NC1CN(CC)CCC1C. The van der Waals surface area contributed by atoms with Crippen LogP contribution in [0.25, 0.3) is 0 Å². The van der Waals surface area contributed by atoms with Crippen molar-refractivity contribution >= 4 is 23.6 Å². The van der Waals surface area contributed by atoms with E-state index in [9.17, 15) is 29.4 Å². The molecule has 0 saturated carbocycles. The number of hydrogen-bond acceptors (Lipinski definition) is 9. The van der Waals surface area contributed by atoms with Gasteiger partial charge in [0.25, 0.3) is 0 Å². The Bertz CT molecular complexity index is 742. The van der Waals surface area contributed by atoms with Crippen LogP contribution in [0.3, 0.4) is 0 Å². The Morgan fingerprint density at radius 3 is 1.95 bits per heavy atom. The zero-order valence-electron chi connectivity index (χ0n) is 23.8. The van der Waals surface area contributed by atoms with Gasteiger partial charge in [0.05, 0.1) is 12.7 Å². The van der Waals surface area contributed by atoms with Gasteiger partial charge in [-0.2, -0.15) is 0 Å². The molecule has 7 N–H and O–H groups in total. The molecule has 0 aliphatic carbocycles. The molecule has 4 unspecified atom stereocenters. The Morgan fingerprint density at radius 2 is 1.41 bits per heavy atom. The summed E-state index contributed by atoms with van der Waals surface area (Å²) in [6.45, 7) is 10.1. The summed E-state index contributed by atoms with van der Waals surface area (Å²) in [5, 5.41) is 33.0. The summed E-state index contributed by atoms with van der Waals surface area (Å²) in [5.74, 6) is -0.401. The van der Waals surface area contributed by atoms with Gasteiger partial charge in [-0.05, 0) is 31.8 Å². The highest BCUT2D eigenvalue weighted by atomic mass is 16.6. The molecule has 4 atom stereocenters. The van der Waals surface area contributed by atoms with E-state index < -0.39 is 12.4 Å². The molecule has 1 aliphatic heterocycles. The van der Waals surface area contributed by atoms with Crippen molar-refractivity contribution in [2.45, 2.75) is 77.7 Å². The van der Waals surface area contributed by atoms with Crippen LogP contribution in [0, 0.1) is 5.92 Å². The van der Waals surface area contributed by atoms with E-state index in [-0.39, 0.29) is 88.1 Å². The van der Waals surface area contributed by atoms with Gasteiger partial charge in [-0.25, -0.2) is 0 Å². The molecule has 0 bridgehead atoms. The third kappa shape index (κ3) is 17.1. The first-order valence-electron chi connectivity index (χ1n) is 14.1. The normalized spacial score (nSPS) is 19.1. The number of hydrogen-bond donors (Lipinski definition) is 7. The molecule has 1 heterocycles. The Morgan fingerprint density at radius 1 is 0.872 bits per heavy atom. The number of carbonyl (C=O) groups is 4. The number of piperidine rings is 1. The largest absolute Gasteiger partial charge is 0.389 e. The lowest BCUT2D eigenvalue weighted by molar-refractivity contribution is -0.124. The van der Waals surface area contributed by atoms with E-state index in [0.717, 1.165) is 26.1 Å². The fourth-order valence-electron chi connectivity index (χ4n) is 3.97. The van der Waals surface area contributed by atoms with Gasteiger partial charge < -0.3 is 46.4 Å². The van der Waals surface area contributed by atoms with Crippen molar-refractivity contribution in [3.8, 4) is 0 Å². The number of rotatable bonds is 20. The molecule has 13 heteroatoms. The van der Waals surface area contributed by atoms with E-state index >= 15 is 0 Å². The van der Waals surface area contributed by atoms with E-state index in [0.29, 0.717) is 18.9 Å². The lowest BCUT2D eigenvalue weighted by Gasteiger charge is -2.36. The van der Waals surface area contributed by atoms with Crippen LogP contribution in [0.5, 0.6) is 0 Å². The van der Waals surface area contributed by atoms with Crippen molar-refractivity contribution in [2.24, 2.45) is 5.92 Å². The Balaban J connectivity index is 2.02. The number of ether oxygens (including phenoxy) is 1. The van der Waals surface area contributed by atoms with Crippen molar-refractivity contribution in [2.75, 3.05) is 59.0 Å². The third-order valence-electron chi connectivity index (χ3n) is 6.60. The molecule has 0 aromatic carbocycles. The predicted octanol–water partition coefficient (Wildman–Crippen LogP) is -1.56. The highest BCUT2D eigenvalue weighted by Crippen LogP contribution is 2.16. The van der Waals surface area contributed by atoms with E-state index in [4.69, 9.17) is 4.74 Å². The van der Waals surface area contributed by atoms with Gasteiger partial charge in [0.15, 0.2) is 6.29 Å². The maximum atomic E-state index is 12.2. The van der Waals surface area contributed by atoms with Crippen LogP contribution in [-0.2, 0) is 23.9 Å². The number of nitrogens with zero attached hydrogens (tertiary/aromatic N) is 1. The molecule has 39 heavy (non-hydrogen) atoms. The minimum atomic E-state index is -0.896.